The highest BCUT2D eigenvalue weighted by Crippen LogP contribution is 2.40. The van der Waals surface area contributed by atoms with Crippen molar-refractivity contribution >= 4 is 17.7 Å². The molecule has 2 saturated heterocycles. The molecule has 3 heterocycles. The number of benzene rings is 1. The fourth-order valence-electron chi connectivity index (χ4n) is 4.35. The van der Waals surface area contributed by atoms with Crippen molar-refractivity contribution in [3.05, 3.63) is 34.9 Å². The van der Waals surface area contributed by atoms with Crippen LogP contribution < -0.4 is 10.6 Å². The summed E-state index contributed by atoms with van der Waals surface area (Å²) in [5, 5.41) is 16.5. The number of piperidine rings is 2. The van der Waals surface area contributed by atoms with Crippen molar-refractivity contribution in [3.63, 3.8) is 0 Å². The molecule has 26 heavy (non-hydrogen) atoms. The highest BCUT2D eigenvalue weighted by Gasteiger charge is 2.44. The van der Waals surface area contributed by atoms with E-state index >= 15 is 0 Å². The van der Waals surface area contributed by atoms with Gasteiger partial charge in [-0.2, -0.15) is 0 Å². The maximum Gasteiger partial charge on any atom is 0.255 e. The Morgan fingerprint density at radius 2 is 1.92 bits per heavy atom. The van der Waals surface area contributed by atoms with Gasteiger partial charge >= 0.3 is 0 Å². The number of rotatable bonds is 2. The van der Waals surface area contributed by atoms with Crippen LogP contribution in [-0.4, -0.2) is 46.9 Å². The first-order valence-electron chi connectivity index (χ1n) is 9.14. The van der Waals surface area contributed by atoms with E-state index in [2.05, 4.69) is 10.6 Å². The number of nitrogens with zero attached hydrogens (tertiary/aromatic N) is 1. The molecule has 7 heteroatoms. The Hall–Kier alpha value is -2.25. The van der Waals surface area contributed by atoms with Gasteiger partial charge in [-0.25, -0.2) is 0 Å². The van der Waals surface area contributed by atoms with Gasteiger partial charge in [0.25, 0.3) is 5.91 Å². The van der Waals surface area contributed by atoms with E-state index in [0.717, 1.165) is 24.2 Å². The van der Waals surface area contributed by atoms with Crippen LogP contribution in [-0.2, 0) is 15.2 Å². The number of hydrogen-bond acceptors (Lipinski definition) is 5. The lowest BCUT2D eigenvalue weighted by Gasteiger charge is -2.34. The highest BCUT2D eigenvalue weighted by atomic mass is 16.3. The molecule has 138 valence electrons. The van der Waals surface area contributed by atoms with E-state index in [0.29, 0.717) is 24.8 Å². The second kappa shape index (κ2) is 6.17. The van der Waals surface area contributed by atoms with Gasteiger partial charge in [0, 0.05) is 12.0 Å². The first-order chi connectivity index (χ1) is 12.4. The summed E-state index contributed by atoms with van der Waals surface area (Å²) in [4.78, 5) is 38.1. The summed E-state index contributed by atoms with van der Waals surface area (Å²) < 4.78 is 0. The molecule has 1 aromatic carbocycles. The molecule has 0 radical (unpaired) electrons. The average molecular weight is 357 g/mol. The average Bonchev–Trinajstić information content (AvgIpc) is 2.87. The molecular formula is C19H23N3O4. The van der Waals surface area contributed by atoms with Crippen molar-refractivity contribution in [3.8, 4) is 0 Å². The Labute approximate surface area is 151 Å². The van der Waals surface area contributed by atoms with Crippen molar-refractivity contribution in [1.82, 2.24) is 15.5 Å². The molecule has 2 fully saturated rings. The molecule has 0 aliphatic carbocycles. The van der Waals surface area contributed by atoms with Crippen LogP contribution in [0, 0.1) is 0 Å². The Balaban J connectivity index is 1.65. The molecule has 0 spiro atoms. The largest absolute Gasteiger partial charge is 0.385 e. The number of fused-ring (bicyclic) bond motifs is 1. The third-order valence-electron chi connectivity index (χ3n) is 5.90. The summed E-state index contributed by atoms with van der Waals surface area (Å²) in [7, 11) is 0. The van der Waals surface area contributed by atoms with Gasteiger partial charge in [-0.15, -0.1) is 0 Å². The summed E-state index contributed by atoms with van der Waals surface area (Å²) in [6.45, 7) is 3.40. The first-order valence-corrected chi connectivity index (χ1v) is 9.14. The molecule has 3 amide bonds. The van der Waals surface area contributed by atoms with Crippen molar-refractivity contribution in [2.24, 2.45) is 0 Å². The summed E-state index contributed by atoms with van der Waals surface area (Å²) in [6.07, 6.45) is 1.84. The standard InChI is InChI=1S/C19H23N3O4/c1-11-14-10-12(19(26)6-8-20-9-7-19)2-3-13(14)18(25)22(11)15-4-5-16(23)21-17(15)24/h2-3,10-11,15,20,26H,4-9H2,1H3,(H,21,23,24)/t11-,15-/m0/s1. The van der Waals surface area contributed by atoms with Gasteiger partial charge in [0.1, 0.15) is 6.04 Å². The number of amides is 3. The Morgan fingerprint density at radius 1 is 1.19 bits per heavy atom. The molecule has 0 saturated carbocycles. The van der Waals surface area contributed by atoms with Crippen LogP contribution in [0.5, 0.6) is 0 Å². The van der Waals surface area contributed by atoms with Crippen LogP contribution in [0.2, 0.25) is 0 Å². The van der Waals surface area contributed by atoms with Gasteiger partial charge in [-0.05, 0) is 56.5 Å². The number of carbonyl (C=O) groups excluding carboxylic acids is 3. The van der Waals surface area contributed by atoms with Gasteiger partial charge in [0.05, 0.1) is 11.6 Å². The van der Waals surface area contributed by atoms with Crippen molar-refractivity contribution in [2.75, 3.05) is 13.1 Å². The smallest absolute Gasteiger partial charge is 0.255 e. The predicted octanol–water partition coefficient (Wildman–Crippen LogP) is 0.580. The summed E-state index contributed by atoms with van der Waals surface area (Å²) >= 11 is 0. The molecule has 4 rings (SSSR count). The van der Waals surface area contributed by atoms with E-state index in [9.17, 15) is 19.5 Å². The van der Waals surface area contributed by atoms with E-state index in [1.165, 1.54) is 0 Å². The fourth-order valence-corrected chi connectivity index (χ4v) is 4.35. The molecule has 7 nitrogen and oxygen atoms in total. The second-order valence-corrected chi connectivity index (χ2v) is 7.44. The van der Waals surface area contributed by atoms with Gasteiger partial charge in [-0.1, -0.05) is 12.1 Å². The molecule has 3 N–H and O–H groups in total. The summed E-state index contributed by atoms with van der Waals surface area (Å²) in [5.41, 5.74) is 1.35. The third-order valence-corrected chi connectivity index (χ3v) is 5.90. The lowest BCUT2D eigenvalue weighted by molar-refractivity contribution is -0.137. The van der Waals surface area contributed by atoms with E-state index in [4.69, 9.17) is 0 Å². The van der Waals surface area contributed by atoms with Crippen LogP contribution >= 0.6 is 0 Å². The quantitative estimate of drug-likeness (QED) is 0.673. The zero-order valence-corrected chi connectivity index (χ0v) is 14.7. The number of imide groups is 1. The number of hydrogen-bond donors (Lipinski definition) is 3. The zero-order chi connectivity index (χ0) is 18.5. The summed E-state index contributed by atoms with van der Waals surface area (Å²) in [5.74, 6) is -0.893. The summed E-state index contributed by atoms with van der Waals surface area (Å²) in [6, 6.07) is 4.59. The van der Waals surface area contributed by atoms with E-state index in [1.54, 1.807) is 11.0 Å². The van der Waals surface area contributed by atoms with E-state index in [-0.39, 0.29) is 24.3 Å². The topological polar surface area (TPSA) is 98.7 Å². The number of carbonyl (C=O) groups is 3. The first kappa shape index (κ1) is 17.2. The fraction of sp³-hybridized carbons (Fsp3) is 0.526. The van der Waals surface area contributed by atoms with Crippen molar-refractivity contribution in [1.29, 1.82) is 0 Å². The maximum atomic E-state index is 12.9. The molecule has 0 unspecified atom stereocenters. The maximum absolute atomic E-state index is 12.9. The molecular weight excluding hydrogens is 334 g/mol. The van der Waals surface area contributed by atoms with Gasteiger partial charge in [0.2, 0.25) is 11.8 Å². The number of aliphatic hydroxyl groups is 1. The SMILES string of the molecule is C[C@H]1c2cc(C3(O)CCNCC3)ccc2C(=O)N1[C@H]1CCC(=O)NC1=O. The number of nitrogens with one attached hydrogen (secondary N) is 2. The van der Waals surface area contributed by atoms with Crippen LogP contribution in [0.25, 0.3) is 0 Å². The van der Waals surface area contributed by atoms with Crippen molar-refractivity contribution < 1.29 is 19.5 Å². The third kappa shape index (κ3) is 2.62. The van der Waals surface area contributed by atoms with Gasteiger partial charge in [0.15, 0.2) is 0 Å². The second-order valence-electron chi connectivity index (χ2n) is 7.44. The van der Waals surface area contributed by atoms with E-state index in [1.807, 2.05) is 19.1 Å². The highest BCUT2D eigenvalue weighted by molar-refractivity contribution is 6.05. The lowest BCUT2D eigenvalue weighted by atomic mass is 9.83. The minimum Gasteiger partial charge on any atom is -0.385 e. The Morgan fingerprint density at radius 3 is 2.62 bits per heavy atom. The van der Waals surface area contributed by atoms with Gasteiger partial charge < -0.3 is 15.3 Å². The molecule has 3 aliphatic rings. The minimum absolute atomic E-state index is 0.189. The van der Waals surface area contributed by atoms with Crippen molar-refractivity contribution in [2.45, 2.75) is 50.3 Å². The van der Waals surface area contributed by atoms with Crippen LogP contribution in [0.15, 0.2) is 18.2 Å². The molecule has 3 aliphatic heterocycles. The minimum atomic E-state index is -0.884. The van der Waals surface area contributed by atoms with Gasteiger partial charge in [-0.3, -0.25) is 19.7 Å². The molecule has 2 atom stereocenters. The van der Waals surface area contributed by atoms with Crippen LogP contribution in [0.1, 0.15) is 60.1 Å². The predicted molar refractivity (Wildman–Crippen MR) is 93.2 cm³/mol. The van der Waals surface area contributed by atoms with E-state index < -0.39 is 17.6 Å². The normalized spacial score (nSPS) is 28.1. The van der Waals surface area contributed by atoms with Crippen LogP contribution in [0.4, 0.5) is 0 Å². The van der Waals surface area contributed by atoms with Crippen LogP contribution in [0.3, 0.4) is 0 Å². The lowest BCUT2D eigenvalue weighted by Crippen LogP contribution is -2.53. The monoisotopic (exact) mass is 357 g/mol. The molecule has 0 aromatic heterocycles. The molecule has 1 aromatic rings. The zero-order valence-electron chi connectivity index (χ0n) is 14.7. The Kier molecular flexibility index (Phi) is 4.08. The Bertz CT molecular complexity index is 785. The molecule has 0 bridgehead atoms.